The monoisotopic (exact) mass is 573 g/mol. The molecule has 0 radical (unpaired) electrons. The van der Waals surface area contributed by atoms with Crippen LogP contribution in [0.3, 0.4) is 0 Å². The molecular weight excluding hydrogens is 553 g/mol. The molecule has 0 heterocycles. The zero-order chi connectivity index (χ0) is 27.6. The quantitative estimate of drug-likeness (QED) is 0.156. The van der Waals surface area contributed by atoms with Crippen LogP contribution in [0.25, 0.3) is 10.8 Å². The Bertz CT molecular complexity index is 1710. The molecule has 1 amide bonds. The van der Waals surface area contributed by atoms with Crippen molar-refractivity contribution >= 4 is 67.1 Å². The van der Waals surface area contributed by atoms with Crippen LogP contribution in [0.15, 0.2) is 75.8 Å². The highest BCUT2D eigenvalue weighted by Crippen LogP contribution is 2.41. The molecule has 0 saturated heterocycles. The summed E-state index contributed by atoms with van der Waals surface area (Å²) >= 11 is 12.3. The average Bonchev–Trinajstić information content (AvgIpc) is 2.86. The van der Waals surface area contributed by atoms with Crippen LogP contribution in [-0.2, 0) is 16.5 Å². The first kappa shape index (κ1) is 27.3. The number of fused-ring (bicyclic) bond motifs is 1. The highest BCUT2D eigenvalue weighted by atomic mass is 35.5. The number of methoxy groups -OCH3 is 1. The molecule has 12 heteroatoms. The molecule has 4 rings (SSSR count). The van der Waals surface area contributed by atoms with E-state index in [4.69, 9.17) is 27.9 Å². The van der Waals surface area contributed by atoms with Crippen molar-refractivity contribution in [3.05, 3.63) is 81.8 Å². The number of phenols is 1. The van der Waals surface area contributed by atoms with Gasteiger partial charge in [0, 0.05) is 16.1 Å². The SMILES string of the molecule is CCc1cc(Cl)cc(N=Nc2c(O)c(C(=O)Nc3ccc(OC)c(Cl)c3)cc3ccccc23)c1S(=O)(=O)O. The number of halogens is 2. The van der Waals surface area contributed by atoms with Crippen molar-refractivity contribution in [1.29, 1.82) is 0 Å². The minimum Gasteiger partial charge on any atom is -0.505 e. The first-order valence-corrected chi connectivity index (χ1v) is 13.3. The van der Waals surface area contributed by atoms with E-state index in [2.05, 4.69) is 15.5 Å². The normalized spacial score (nSPS) is 11.7. The van der Waals surface area contributed by atoms with Crippen LogP contribution in [-0.4, -0.2) is 31.1 Å². The van der Waals surface area contributed by atoms with Gasteiger partial charge in [-0.15, -0.1) is 10.2 Å². The number of benzene rings is 4. The van der Waals surface area contributed by atoms with E-state index in [1.54, 1.807) is 43.3 Å². The van der Waals surface area contributed by atoms with E-state index in [0.29, 0.717) is 22.2 Å². The lowest BCUT2D eigenvalue weighted by Crippen LogP contribution is -2.12. The third-order valence-electron chi connectivity index (χ3n) is 5.66. The van der Waals surface area contributed by atoms with Crippen LogP contribution >= 0.6 is 23.2 Å². The largest absolute Gasteiger partial charge is 0.505 e. The summed E-state index contributed by atoms with van der Waals surface area (Å²) in [5.74, 6) is -0.714. The second kappa shape index (κ2) is 11.0. The number of nitrogens with zero attached hydrogens (tertiary/aromatic N) is 2. The van der Waals surface area contributed by atoms with Gasteiger partial charge in [0.2, 0.25) is 0 Å². The van der Waals surface area contributed by atoms with Crippen LogP contribution in [0, 0.1) is 0 Å². The van der Waals surface area contributed by atoms with Crippen LogP contribution < -0.4 is 10.1 Å². The highest BCUT2D eigenvalue weighted by Gasteiger charge is 2.22. The maximum Gasteiger partial charge on any atom is 0.297 e. The van der Waals surface area contributed by atoms with Gasteiger partial charge in [-0.1, -0.05) is 54.4 Å². The number of hydrogen-bond donors (Lipinski definition) is 3. The van der Waals surface area contributed by atoms with E-state index in [9.17, 15) is 22.9 Å². The van der Waals surface area contributed by atoms with E-state index >= 15 is 0 Å². The van der Waals surface area contributed by atoms with Crippen LogP contribution in [0.4, 0.5) is 17.1 Å². The predicted molar refractivity (Wildman–Crippen MR) is 146 cm³/mol. The number of aromatic hydroxyl groups is 1. The Morgan fingerprint density at radius 2 is 1.79 bits per heavy atom. The molecule has 196 valence electrons. The maximum atomic E-state index is 13.1. The fraction of sp³-hybridized carbons (Fsp3) is 0.115. The number of azo groups is 1. The minimum absolute atomic E-state index is 0.0830. The number of amides is 1. The van der Waals surface area contributed by atoms with Gasteiger partial charge in [0.1, 0.15) is 22.0 Å². The van der Waals surface area contributed by atoms with Gasteiger partial charge in [-0.05, 0) is 53.8 Å². The van der Waals surface area contributed by atoms with Crippen molar-refractivity contribution in [2.45, 2.75) is 18.2 Å². The molecule has 3 N–H and O–H groups in total. The Hall–Kier alpha value is -3.70. The maximum absolute atomic E-state index is 13.1. The Morgan fingerprint density at radius 1 is 1.05 bits per heavy atom. The number of nitrogens with one attached hydrogen (secondary N) is 1. The first-order valence-electron chi connectivity index (χ1n) is 11.1. The van der Waals surface area contributed by atoms with E-state index in [1.165, 1.54) is 31.4 Å². The zero-order valence-corrected chi connectivity index (χ0v) is 22.4. The zero-order valence-electron chi connectivity index (χ0n) is 20.1. The summed E-state index contributed by atoms with van der Waals surface area (Å²) < 4.78 is 39.1. The summed E-state index contributed by atoms with van der Waals surface area (Å²) in [4.78, 5) is 12.7. The van der Waals surface area contributed by atoms with Gasteiger partial charge in [0.25, 0.3) is 16.0 Å². The van der Waals surface area contributed by atoms with Crippen molar-refractivity contribution < 1.29 is 27.6 Å². The number of phenolic OH excluding ortho intramolecular Hbond substituents is 1. The molecule has 0 aliphatic carbocycles. The third-order valence-corrected chi connectivity index (χ3v) is 7.16. The summed E-state index contributed by atoms with van der Waals surface area (Å²) in [7, 11) is -3.21. The number of ether oxygens (including phenoxy) is 1. The van der Waals surface area contributed by atoms with E-state index in [-0.39, 0.29) is 39.0 Å². The van der Waals surface area contributed by atoms with Gasteiger partial charge in [0.05, 0.1) is 17.7 Å². The molecular formula is C26H21Cl2N3O6S. The molecule has 9 nitrogen and oxygen atoms in total. The highest BCUT2D eigenvalue weighted by molar-refractivity contribution is 7.86. The van der Waals surface area contributed by atoms with E-state index < -0.39 is 26.7 Å². The topological polar surface area (TPSA) is 138 Å². The molecule has 0 aliphatic rings. The fourth-order valence-corrected chi connectivity index (χ4v) is 5.30. The van der Waals surface area contributed by atoms with Crippen molar-refractivity contribution in [2.75, 3.05) is 12.4 Å². The molecule has 0 fully saturated rings. The summed E-state index contributed by atoms with van der Waals surface area (Å²) in [5, 5.41) is 23.3. The molecule has 4 aromatic carbocycles. The molecule has 0 bridgehead atoms. The van der Waals surface area contributed by atoms with E-state index in [0.717, 1.165) is 0 Å². The Balaban J connectivity index is 1.83. The van der Waals surface area contributed by atoms with Crippen molar-refractivity contribution in [3.8, 4) is 11.5 Å². The summed E-state index contributed by atoms with van der Waals surface area (Å²) in [6, 6.07) is 15.6. The number of carbonyl (C=O) groups excluding carboxylic acids is 1. The molecule has 0 spiro atoms. The van der Waals surface area contributed by atoms with Crippen LogP contribution in [0.5, 0.6) is 11.5 Å². The average molecular weight is 574 g/mol. The number of carbonyl (C=O) groups is 1. The molecule has 0 aliphatic heterocycles. The van der Waals surface area contributed by atoms with Crippen LogP contribution in [0.2, 0.25) is 10.0 Å². The van der Waals surface area contributed by atoms with Crippen molar-refractivity contribution in [3.63, 3.8) is 0 Å². The second-order valence-electron chi connectivity index (χ2n) is 8.09. The summed E-state index contributed by atoms with van der Waals surface area (Å²) in [6.45, 7) is 1.69. The number of rotatable bonds is 7. The summed E-state index contributed by atoms with van der Waals surface area (Å²) in [6.07, 6.45) is 0.247. The molecule has 0 unspecified atom stereocenters. The Kier molecular flexibility index (Phi) is 7.89. The predicted octanol–water partition coefficient (Wildman–Crippen LogP) is 7.34. The number of hydrogen-bond acceptors (Lipinski definition) is 7. The minimum atomic E-state index is -4.67. The first-order chi connectivity index (χ1) is 18.0. The van der Waals surface area contributed by atoms with Gasteiger partial charge in [-0.3, -0.25) is 9.35 Å². The third kappa shape index (κ3) is 5.58. The Labute approximate surface area is 228 Å². The van der Waals surface area contributed by atoms with Gasteiger partial charge in [-0.2, -0.15) is 8.42 Å². The van der Waals surface area contributed by atoms with Gasteiger partial charge in [0.15, 0.2) is 5.75 Å². The Morgan fingerprint density at radius 3 is 2.45 bits per heavy atom. The molecule has 0 atom stereocenters. The van der Waals surface area contributed by atoms with Gasteiger partial charge >= 0.3 is 0 Å². The lowest BCUT2D eigenvalue weighted by atomic mass is 10.0. The molecule has 4 aromatic rings. The molecule has 0 saturated carbocycles. The summed E-state index contributed by atoms with van der Waals surface area (Å²) in [5.41, 5.74) is 0.193. The van der Waals surface area contributed by atoms with Gasteiger partial charge in [-0.25, -0.2) is 0 Å². The number of anilines is 1. The van der Waals surface area contributed by atoms with Crippen LogP contribution in [0.1, 0.15) is 22.8 Å². The number of aryl methyl sites for hydroxylation is 1. The van der Waals surface area contributed by atoms with Crippen molar-refractivity contribution in [2.24, 2.45) is 10.2 Å². The second-order valence-corrected chi connectivity index (χ2v) is 10.3. The van der Waals surface area contributed by atoms with E-state index in [1.807, 2.05) is 0 Å². The lowest BCUT2D eigenvalue weighted by Gasteiger charge is -2.12. The lowest BCUT2D eigenvalue weighted by molar-refractivity contribution is 0.102. The standard InChI is InChI=1S/C26H21Cl2N3O6S/c1-3-14-10-16(27)12-21(25(14)38(34,35)36)30-31-23-18-7-5-4-6-15(18)11-19(24(23)32)26(33)29-17-8-9-22(37-2)20(28)13-17/h4-13,32H,3H2,1-2H3,(H,29,33)(H,34,35,36). The molecule has 0 aromatic heterocycles. The fourth-order valence-electron chi connectivity index (χ4n) is 3.91. The molecule has 38 heavy (non-hydrogen) atoms. The smallest absolute Gasteiger partial charge is 0.297 e. The van der Waals surface area contributed by atoms with Gasteiger partial charge < -0.3 is 15.2 Å². The van der Waals surface area contributed by atoms with Crippen molar-refractivity contribution in [1.82, 2.24) is 0 Å².